The van der Waals surface area contributed by atoms with Gasteiger partial charge in [-0.3, -0.25) is 0 Å². The molecule has 2 aromatic heterocycles. The van der Waals surface area contributed by atoms with Crippen LogP contribution in [0.1, 0.15) is 17.4 Å². The summed E-state index contributed by atoms with van der Waals surface area (Å²) in [6, 6.07) is 6.37. The summed E-state index contributed by atoms with van der Waals surface area (Å²) >= 11 is 1.57. The van der Waals surface area contributed by atoms with Gasteiger partial charge in [-0.05, 0) is 43.2 Å². The van der Waals surface area contributed by atoms with Gasteiger partial charge >= 0.3 is 0 Å². The molecule has 0 aliphatic carbocycles. The number of ether oxygens (including phenoxy) is 1. The fourth-order valence-corrected chi connectivity index (χ4v) is 3.01. The summed E-state index contributed by atoms with van der Waals surface area (Å²) in [7, 11) is 0. The highest BCUT2D eigenvalue weighted by Gasteiger charge is 2.13. The van der Waals surface area contributed by atoms with Crippen LogP contribution in [-0.4, -0.2) is 9.97 Å². The number of fused-ring (bicyclic) bond motifs is 1. The van der Waals surface area contributed by atoms with Gasteiger partial charge in [0.2, 0.25) is 11.8 Å². The zero-order valence-corrected chi connectivity index (χ0v) is 12.5. The van der Waals surface area contributed by atoms with E-state index in [9.17, 15) is 4.39 Å². The first-order valence-electron chi connectivity index (χ1n) is 6.56. The fraction of sp³-hybridized carbons (Fsp3) is 0.200. The molecule has 3 rings (SSSR count). The average molecular weight is 303 g/mol. The van der Waals surface area contributed by atoms with Crippen LogP contribution in [0.25, 0.3) is 10.2 Å². The molecule has 21 heavy (non-hydrogen) atoms. The number of benzene rings is 1. The predicted molar refractivity (Wildman–Crippen MR) is 82.4 cm³/mol. The Kier molecular flexibility index (Phi) is 3.47. The van der Waals surface area contributed by atoms with E-state index in [4.69, 9.17) is 10.5 Å². The summed E-state index contributed by atoms with van der Waals surface area (Å²) in [6.07, 6.45) is 0.913. The lowest BCUT2D eigenvalue weighted by molar-refractivity contribution is 0.464. The van der Waals surface area contributed by atoms with E-state index in [1.54, 1.807) is 24.3 Å². The Labute approximate surface area is 125 Å². The van der Waals surface area contributed by atoms with Crippen LogP contribution in [0, 0.1) is 12.7 Å². The number of thiophene rings is 1. The number of halogens is 1. The molecule has 0 aliphatic heterocycles. The molecule has 3 aromatic rings. The maximum absolute atomic E-state index is 13.2. The smallest absolute Gasteiger partial charge is 0.232 e. The van der Waals surface area contributed by atoms with Crippen molar-refractivity contribution in [3.05, 3.63) is 40.5 Å². The van der Waals surface area contributed by atoms with Crippen LogP contribution < -0.4 is 10.5 Å². The number of aryl methyl sites for hydroxylation is 2. The van der Waals surface area contributed by atoms with E-state index in [1.165, 1.54) is 17.0 Å². The minimum Gasteiger partial charge on any atom is -0.438 e. The first-order chi connectivity index (χ1) is 10.1. The average Bonchev–Trinajstić information content (AvgIpc) is 2.85. The quantitative estimate of drug-likeness (QED) is 0.792. The normalized spacial score (nSPS) is 11.0. The summed E-state index contributed by atoms with van der Waals surface area (Å²) in [4.78, 5) is 10.4. The number of anilines is 1. The van der Waals surface area contributed by atoms with Crippen LogP contribution in [0.2, 0.25) is 0 Å². The first-order valence-corrected chi connectivity index (χ1v) is 7.38. The summed E-state index contributed by atoms with van der Waals surface area (Å²) in [6.45, 7) is 3.86. The monoisotopic (exact) mass is 303 g/mol. The van der Waals surface area contributed by atoms with Gasteiger partial charge in [-0.15, -0.1) is 11.3 Å². The van der Waals surface area contributed by atoms with Crippen molar-refractivity contribution >= 4 is 27.5 Å². The van der Waals surface area contributed by atoms with E-state index in [0.29, 0.717) is 17.2 Å². The lowest BCUT2D eigenvalue weighted by Crippen LogP contribution is -1.98. The topological polar surface area (TPSA) is 61.0 Å². The number of nitrogens with two attached hydrogens (primary N) is 1. The van der Waals surface area contributed by atoms with Crippen LogP contribution in [0.3, 0.4) is 0 Å². The van der Waals surface area contributed by atoms with Gasteiger partial charge in [0.1, 0.15) is 16.4 Å². The fourth-order valence-electron chi connectivity index (χ4n) is 2.04. The molecule has 0 unspecified atom stereocenters. The van der Waals surface area contributed by atoms with E-state index >= 15 is 0 Å². The van der Waals surface area contributed by atoms with Crippen LogP contribution in [0.15, 0.2) is 24.3 Å². The molecule has 108 valence electrons. The molecule has 0 amide bonds. The van der Waals surface area contributed by atoms with Gasteiger partial charge in [0.15, 0.2) is 0 Å². The van der Waals surface area contributed by atoms with Gasteiger partial charge in [-0.2, -0.15) is 4.98 Å². The third kappa shape index (κ3) is 2.67. The molecule has 2 N–H and O–H groups in total. The largest absolute Gasteiger partial charge is 0.438 e. The van der Waals surface area contributed by atoms with E-state index in [0.717, 1.165) is 16.6 Å². The second-order valence-corrected chi connectivity index (χ2v) is 5.80. The van der Waals surface area contributed by atoms with Gasteiger partial charge in [-0.25, -0.2) is 9.37 Å². The SMILES string of the molecule is CCc1cc2c(Oc3ccc(F)cc3C)nc(N)nc2s1. The third-order valence-electron chi connectivity index (χ3n) is 3.12. The summed E-state index contributed by atoms with van der Waals surface area (Å²) in [5, 5.41) is 0.828. The van der Waals surface area contributed by atoms with E-state index in [1.807, 2.05) is 6.07 Å². The Hall–Kier alpha value is -2.21. The maximum Gasteiger partial charge on any atom is 0.232 e. The van der Waals surface area contributed by atoms with Crippen LogP contribution in [0.4, 0.5) is 10.3 Å². The Morgan fingerprint density at radius 3 is 2.81 bits per heavy atom. The van der Waals surface area contributed by atoms with Crippen molar-refractivity contribution in [2.24, 2.45) is 0 Å². The van der Waals surface area contributed by atoms with Crippen LogP contribution in [0.5, 0.6) is 11.6 Å². The summed E-state index contributed by atoms with van der Waals surface area (Å²) < 4.78 is 19.0. The highest BCUT2D eigenvalue weighted by atomic mass is 32.1. The molecule has 0 radical (unpaired) electrons. The molecule has 0 saturated heterocycles. The minimum atomic E-state index is -0.295. The molecular formula is C15H14FN3OS. The first kappa shape index (κ1) is 13.8. The number of aromatic nitrogens is 2. The van der Waals surface area contributed by atoms with Gasteiger partial charge < -0.3 is 10.5 Å². The molecule has 0 fully saturated rings. The van der Waals surface area contributed by atoms with E-state index < -0.39 is 0 Å². The highest BCUT2D eigenvalue weighted by Crippen LogP contribution is 2.34. The molecule has 2 heterocycles. The maximum atomic E-state index is 13.2. The van der Waals surface area contributed by atoms with Crippen molar-refractivity contribution in [3.8, 4) is 11.6 Å². The van der Waals surface area contributed by atoms with Crippen molar-refractivity contribution in [2.45, 2.75) is 20.3 Å². The van der Waals surface area contributed by atoms with Gasteiger partial charge in [0.25, 0.3) is 0 Å². The van der Waals surface area contributed by atoms with Crippen molar-refractivity contribution < 1.29 is 9.13 Å². The minimum absolute atomic E-state index is 0.168. The van der Waals surface area contributed by atoms with Crippen molar-refractivity contribution in [2.75, 3.05) is 5.73 Å². The van der Waals surface area contributed by atoms with Crippen LogP contribution >= 0.6 is 11.3 Å². The molecule has 0 bridgehead atoms. The van der Waals surface area contributed by atoms with Crippen molar-refractivity contribution in [1.29, 1.82) is 0 Å². The number of nitrogen functional groups attached to an aromatic ring is 1. The Bertz CT molecular complexity index is 816. The Morgan fingerprint density at radius 2 is 2.10 bits per heavy atom. The molecular weight excluding hydrogens is 289 g/mol. The molecule has 6 heteroatoms. The molecule has 0 aliphatic rings. The third-order valence-corrected chi connectivity index (χ3v) is 4.29. The van der Waals surface area contributed by atoms with E-state index in [2.05, 4.69) is 16.9 Å². The Balaban J connectivity index is 2.08. The number of hydrogen-bond acceptors (Lipinski definition) is 5. The second kappa shape index (κ2) is 5.29. The lowest BCUT2D eigenvalue weighted by atomic mass is 10.2. The molecule has 1 aromatic carbocycles. The van der Waals surface area contributed by atoms with E-state index in [-0.39, 0.29) is 11.8 Å². The molecule has 0 spiro atoms. The summed E-state index contributed by atoms with van der Waals surface area (Å²) in [5.41, 5.74) is 6.44. The number of nitrogens with zero attached hydrogens (tertiary/aromatic N) is 2. The highest BCUT2D eigenvalue weighted by molar-refractivity contribution is 7.18. The van der Waals surface area contributed by atoms with Gasteiger partial charge in [0, 0.05) is 4.88 Å². The number of hydrogen-bond donors (Lipinski definition) is 1. The molecule has 0 atom stereocenters. The van der Waals surface area contributed by atoms with Crippen molar-refractivity contribution in [1.82, 2.24) is 9.97 Å². The predicted octanol–water partition coefficient (Wildman–Crippen LogP) is 4.08. The molecule has 0 saturated carbocycles. The van der Waals surface area contributed by atoms with Gasteiger partial charge in [0.05, 0.1) is 5.39 Å². The number of rotatable bonds is 3. The standard InChI is InChI=1S/C15H14FN3OS/c1-3-10-7-11-13(18-15(17)19-14(11)21-10)20-12-5-4-9(16)6-8(12)2/h4-7H,3H2,1-2H3,(H2,17,18,19). The van der Waals surface area contributed by atoms with Gasteiger partial charge in [-0.1, -0.05) is 6.92 Å². The Morgan fingerprint density at radius 1 is 1.29 bits per heavy atom. The zero-order valence-electron chi connectivity index (χ0n) is 11.7. The van der Waals surface area contributed by atoms with Crippen molar-refractivity contribution in [3.63, 3.8) is 0 Å². The zero-order chi connectivity index (χ0) is 15.0. The second-order valence-electron chi connectivity index (χ2n) is 4.68. The lowest BCUT2D eigenvalue weighted by Gasteiger charge is -2.09. The van der Waals surface area contributed by atoms with Crippen LogP contribution in [-0.2, 0) is 6.42 Å². The molecule has 4 nitrogen and oxygen atoms in total. The summed E-state index contributed by atoms with van der Waals surface area (Å²) in [5.74, 6) is 0.834.